The zero-order chi connectivity index (χ0) is 13.9. The van der Waals surface area contributed by atoms with Gasteiger partial charge in [-0.3, -0.25) is 0 Å². The molecule has 104 valence electrons. The van der Waals surface area contributed by atoms with E-state index >= 15 is 0 Å². The molecule has 1 atom stereocenters. The van der Waals surface area contributed by atoms with E-state index in [-0.39, 0.29) is 6.04 Å². The molecule has 0 bridgehead atoms. The highest BCUT2D eigenvalue weighted by molar-refractivity contribution is 7.07. The summed E-state index contributed by atoms with van der Waals surface area (Å²) in [6, 6.07) is 2.42. The molecule has 0 saturated carbocycles. The molecule has 0 aliphatic rings. The fourth-order valence-corrected chi connectivity index (χ4v) is 2.78. The predicted octanol–water partition coefficient (Wildman–Crippen LogP) is 2.50. The molecular formula is C13H16N6S. The van der Waals surface area contributed by atoms with Crippen LogP contribution in [0.4, 0.5) is 11.8 Å². The number of hydrogen-bond donors (Lipinski definition) is 3. The number of aromatic amines is 1. The van der Waals surface area contributed by atoms with E-state index in [2.05, 4.69) is 54.3 Å². The van der Waals surface area contributed by atoms with Gasteiger partial charge in [-0.15, -0.1) is 0 Å². The number of anilines is 2. The molecule has 3 rings (SSSR count). The maximum absolute atomic E-state index is 4.46. The number of H-pyrrole nitrogens is 1. The highest BCUT2D eigenvalue weighted by atomic mass is 32.1. The molecule has 20 heavy (non-hydrogen) atoms. The van der Waals surface area contributed by atoms with Crippen molar-refractivity contribution in [3.63, 3.8) is 0 Å². The third-order valence-electron chi connectivity index (χ3n) is 3.01. The van der Waals surface area contributed by atoms with Crippen LogP contribution in [0.3, 0.4) is 0 Å². The third-order valence-corrected chi connectivity index (χ3v) is 3.75. The van der Waals surface area contributed by atoms with Gasteiger partial charge in [-0.05, 0) is 35.7 Å². The lowest BCUT2D eigenvalue weighted by atomic mass is 10.1. The van der Waals surface area contributed by atoms with Crippen molar-refractivity contribution in [3.8, 4) is 0 Å². The molecule has 0 amide bonds. The van der Waals surface area contributed by atoms with Gasteiger partial charge in [-0.1, -0.05) is 0 Å². The lowest BCUT2D eigenvalue weighted by Crippen LogP contribution is -2.19. The summed E-state index contributed by atoms with van der Waals surface area (Å²) in [5, 5.41) is 10.6. The maximum atomic E-state index is 4.46. The number of thiophene rings is 1. The minimum Gasteiger partial charge on any atom is -0.365 e. The second-order valence-corrected chi connectivity index (χ2v) is 5.41. The Bertz CT molecular complexity index is 690. The first-order valence-electron chi connectivity index (χ1n) is 6.42. The number of aromatic nitrogens is 4. The van der Waals surface area contributed by atoms with Crippen molar-refractivity contribution in [2.75, 3.05) is 17.7 Å². The van der Waals surface area contributed by atoms with Gasteiger partial charge in [0.2, 0.25) is 5.95 Å². The van der Waals surface area contributed by atoms with E-state index in [0.29, 0.717) is 11.6 Å². The molecule has 0 saturated heterocycles. The van der Waals surface area contributed by atoms with Gasteiger partial charge in [-0.25, -0.2) is 4.98 Å². The number of fused-ring (bicyclic) bond motifs is 1. The molecule has 3 N–H and O–H groups in total. The van der Waals surface area contributed by atoms with Crippen molar-refractivity contribution in [2.24, 2.45) is 0 Å². The van der Waals surface area contributed by atoms with Gasteiger partial charge in [0.15, 0.2) is 11.5 Å². The summed E-state index contributed by atoms with van der Waals surface area (Å²) in [5.74, 6) is 1.34. The Labute approximate surface area is 120 Å². The van der Waals surface area contributed by atoms with Gasteiger partial charge in [0.05, 0.1) is 6.33 Å². The highest BCUT2D eigenvalue weighted by Crippen LogP contribution is 2.20. The monoisotopic (exact) mass is 288 g/mol. The van der Waals surface area contributed by atoms with Crippen molar-refractivity contribution in [1.82, 2.24) is 19.9 Å². The first kappa shape index (κ1) is 12.9. The molecule has 0 fully saturated rings. The fourth-order valence-electron chi connectivity index (χ4n) is 2.10. The third kappa shape index (κ3) is 2.57. The van der Waals surface area contributed by atoms with Gasteiger partial charge in [0, 0.05) is 13.1 Å². The quantitative estimate of drug-likeness (QED) is 0.672. The van der Waals surface area contributed by atoms with E-state index in [1.807, 2.05) is 0 Å². The van der Waals surface area contributed by atoms with Gasteiger partial charge in [0.25, 0.3) is 0 Å². The Morgan fingerprint density at radius 3 is 3.05 bits per heavy atom. The largest absolute Gasteiger partial charge is 0.365 e. The molecule has 0 radical (unpaired) electrons. The summed E-state index contributed by atoms with van der Waals surface area (Å²) >= 11 is 1.72. The highest BCUT2D eigenvalue weighted by Gasteiger charge is 2.12. The molecule has 1 unspecified atom stereocenters. The second kappa shape index (κ2) is 5.46. The molecular weight excluding hydrogens is 272 g/mol. The molecule has 3 aromatic heterocycles. The van der Waals surface area contributed by atoms with Crippen molar-refractivity contribution in [1.29, 1.82) is 0 Å². The van der Waals surface area contributed by atoms with Crippen LogP contribution < -0.4 is 10.6 Å². The normalized spacial score (nSPS) is 12.5. The second-order valence-electron chi connectivity index (χ2n) is 4.63. The van der Waals surface area contributed by atoms with Crippen LogP contribution in [0.5, 0.6) is 0 Å². The summed E-state index contributed by atoms with van der Waals surface area (Å²) in [7, 11) is 1.80. The van der Waals surface area contributed by atoms with Gasteiger partial charge < -0.3 is 15.6 Å². The van der Waals surface area contributed by atoms with Crippen molar-refractivity contribution >= 4 is 34.3 Å². The van der Waals surface area contributed by atoms with E-state index in [1.165, 1.54) is 5.56 Å². The van der Waals surface area contributed by atoms with E-state index in [9.17, 15) is 0 Å². The van der Waals surface area contributed by atoms with E-state index in [1.54, 1.807) is 24.7 Å². The first-order chi connectivity index (χ1) is 9.76. The van der Waals surface area contributed by atoms with Gasteiger partial charge in [0.1, 0.15) is 5.52 Å². The van der Waals surface area contributed by atoms with Gasteiger partial charge >= 0.3 is 0 Å². The zero-order valence-corrected chi connectivity index (χ0v) is 12.2. The Kier molecular flexibility index (Phi) is 3.51. The number of nitrogens with one attached hydrogen (secondary N) is 3. The number of rotatable bonds is 5. The van der Waals surface area contributed by atoms with Crippen molar-refractivity contribution in [2.45, 2.75) is 19.4 Å². The van der Waals surface area contributed by atoms with Crippen LogP contribution in [0.1, 0.15) is 12.5 Å². The SMILES string of the molecule is CNc1nc(NC(C)Cc2ccsc2)c2[nH]cnc2n1. The molecule has 3 heterocycles. The standard InChI is InChI=1S/C13H16N6S/c1-8(5-9-3-4-20-6-9)17-12-10-11(16-7-15-10)18-13(14-2)19-12/h3-4,6-8H,5H2,1-2H3,(H3,14,15,16,17,18,19). The van der Waals surface area contributed by atoms with Crippen molar-refractivity contribution < 1.29 is 0 Å². The fraction of sp³-hybridized carbons (Fsp3) is 0.308. The number of hydrogen-bond acceptors (Lipinski definition) is 6. The van der Waals surface area contributed by atoms with Crippen LogP contribution in [0, 0.1) is 0 Å². The average molecular weight is 288 g/mol. The van der Waals surface area contributed by atoms with E-state index in [4.69, 9.17) is 0 Å². The number of nitrogens with zero attached hydrogens (tertiary/aromatic N) is 3. The van der Waals surface area contributed by atoms with Crippen LogP contribution >= 0.6 is 11.3 Å². The van der Waals surface area contributed by atoms with Crippen LogP contribution in [0.15, 0.2) is 23.2 Å². The maximum Gasteiger partial charge on any atom is 0.226 e. The summed E-state index contributed by atoms with van der Waals surface area (Å²) in [6.07, 6.45) is 2.59. The minimum absolute atomic E-state index is 0.274. The lowest BCUT2D eigenvalue weighted by molar-refractivity contribution is 0.788. The minimum atomic E-state index is 0.274. The molecule has 6 nitrogen and oxygen atoms in total. The van der Waals surface area contributed by atoms with Crippen LogP contribution in [0.25, 0.3) is 11.2 Å². The van der Waals surface area contributed by atoms with Crippen LogP contribution in [-0.4, -0.2) is 33.0 Å². The summed E-state index contributed by atoms with van der Waals surface area (Å²) in [4.78, 5) is 16.0. The average Bonchev–Trinajstić information content (AvgIpc) is 3.09. The van der Waals surface area contributed by atoms with Gasteiger partial charge in [-0.2, -0.15) is 21.3 Å². The van der Waals surface area contributed by atoms with E-state index in [0.717, 1.165) is 17.8 Å². The van der Waals surface area contributed by atoms with Crippen molar-refractivity contribution in [3.05, 3.63) is 28.7 Å². The molecule has 7 heteroatoms. The predicted molar refractivity (Wildman–Crippen MR) is 82.3 cm³/mol. The van der Waals surface area contributed by atoms with Crippen LogP contribution in [-0.2, 0) is 6.42 Å². The first-order valence-corrected chi connectivity index (χ1v) is 7.37. The smallest absolute Gasteiger partial charge is 0.226 e. The van der Waals surface area contributed by atoms with E-state index < -0.39 is 0 Å². The lowest BCUT2D eigenvalue weighted by Gasteiger charge is -2.14. The zero-order valence-electron chi connectivity index (χ0n) is 11.3. The topological polar surface area (TPSA) is 78.5 Å². The molecule has 0 spiro atoms. The molecule has 0 aromatic carbocycles. The summed E-state index contributed by atoms with van der Waals surface area (Å²) in [6.45, 7) is 2.14. The Balaban J connectivity index is 1.84. The Hall–Kier alpha value is -2.15. The Morgan fingerprint density at radius 1 is 1.40 bits per heavy atom. The van der Waals surface area contributed by atoms with Crippen LogP contribution in [0.2, 0.25) is 0 Å². The molecule has 3 aromatic rings. The molecule has 0 aliphatic heterocycles. The number of imidazole rings is 1. The summed E-state index contributed by atoms with van der Waals surface area (Å²) < 4.78 is 0. The Morgan fingerprint density at radius 2 is 2.30 bits per heavy atom. The molecule has 0 aliphatic carbocycles. The summed E-state index contributed by atoms with van der Waals surface area (Å²) in [5.41, 5.74) is 2.83.